The molecule has 3 aromatic rings. The van der Waals surface area contributed by atoms with Gasteiger partial charge in [0, 0.05) is 26.5 Å². The van der Waals surface area contributed by atoms with E-state index in [9.17, 15) is 0 Å². The molecule has 1 aromatic carbocycles. The highest BCUT2D eigenvalue weighted by Crippen LogP contribution is 2.12. The monoisotopic (exact) mass is 354 g/mol. The molecule has 0 amide bonds. The summed E-state index contributed by atoms with van der Waals surface area (Å²) in [5.41, 5.74) is 4.50. The van der Waals surface area contributed by atoms with E-state index in [-0.39, 0.29) is 0 Å². The average molecular weight is 354 g/mol. The first-order valence-corrected chi connectivity index (χ1v) is 8.49. The first-order valence-electron chi connectivity index (χ1n) is 8.09. The van der Waals surface area contributed by atoms with Crippen LogP contribution in [0.2, 0.25) is 0 Å². The van der Waals surface area contributed by atoms with Gasteiger partial charge in [0.05, 0.1) is 30.7 Å². The van der Waals surface area contributed by atoms with Gasteiger partial charge in [0.1, 0.15) is 0 Å². The number of aryl methyl sites for hydroxylation is 2. The third-order valence-electron chi connectivity index (χ3n) is 4.15. The van der Waals surface area contributed by atoms with Crippen molar-refractivity contribution >= 4 is 23.0 Å². The number of hydrogen-bond donors (Lipinski definition) is 1. The van der Waals surface area contributed by atoms with Gasteiger partial charge in [-0.05, 0) is 36.3 Å². The highest BCUT2D eigenvalue weighted by atomic mass is 32.1. The molecule has 0 atom stereocenters. The number of hydrogen-bond acceptors (Lipinski definition) is 3. The summed E-state index contributed by atoms with van der Waals surface area (Å²) in [5.74, 6) is 0. The second-order valence-electron chi connectivity index (χ2n) is 6.09. The molecule has 3 rings (SSSR count). The van der Waals surface area contributed by atoms with Crippen LogP contribution in [-0.4, -0.2) is 36.6 Å². The van der Waals surface area contributed by atoms with E-state index >= 15 is 0 Å². The van der Waals surface area contributed by atoms with Crippen LogP contribution >= 0.6 is 12.2 Å². The highest BCUT2D eigenvalue weighted by Gasteiger charge is 2.09. The normalized spacial score (nSPS) is 10.7. The molecule has 0 aliphatic rings. The standard InChI is InChI=1S/C18H22N6S/c1-14-6-4-5-7-15(14)11-24-12-16(10-20-24)21-18(25)22(2)13-17-8-9-19-23(17)3/h4-10,12H,11,13H2,1-3H3,(H,21,25). The SMILES string of the molecule is Cc1ccccc1Cn1cc(NC(=S)N(C)Cc2ccnn2C)cn1. The van der Waals surface area contributed by atoms with Crippen LogP contribution in [0.25, 0.3) is 0 Å². The predicted octanol–water partition coefficient (Wildman–Crippen LogP) is 2.80. The van der Waals surface area contributed by atoms with Gasteiger partial charge in [-0.25, -0.2) is 0 Å². The Morgan fingerprint density at radius 2 is 2.04 bits per heavy atom. The maximum absolute atomic E-state index is 5.48. The third kappa shape index (κ3) is 4.24. The number of nitrogens with zero attached hydrogens (tertiary/aromatic N) is 5. The lowest BCUT2D eigenvalue weighted by Crippen LogP contribution is -2.31. The van der Waals surface area contributed by atoms with E-state index in [4.69, 9.17) is 12.2 Å². The molecule has 7 heteroatoms. The van der Waals surface area contributed by atoms with Gasteiger partial charge in [-0.1, -0.05) is 24.3 Å². The molecule has 0 radical (unpaired) electrons. The Labute approximate surface area is 153 Å². The first kappa shape index (κ1) is 17.2. The van der Waals surface area contributed by atoms with Crippen molar-refractivity contribution in [2.45, 2.75) is 20.0 Å². The van der Waals surface area contributed by atoms with Gasteiger partial charge in [0.25, 0.3) is 0 Å². The topological polar surface area (TPSA) is 50.9 Å². The van der Waals surface area contributed by atoms with Crippen molar-refractivity contribution in [3.05, 3.63) is 65.7 Å². The van der Waals surface area contributed by atoms with Crippen LogP contribution in [0.5, 0.6) is 0 Å². The van der Waals surface area contributed by atoms with Crippen LogP contribution in [0.3, 0.4) is 0 Å². The Morgan fingerprint density at radius 3 is 2.76 bits per heavy atom. The molecular formula is C18H22N6S. The predicted molar refractivity (Wildman–Crippen MR) is 103 cm³/mol. The van der Waals surface area contributed by atoms with E-state index in [0.717, 1.165) is 17.9 Å². The molecule has 130 valence electrons. The summed E-state index contributed by atoms with van der Waals surface area (Å²) < 4.78 is 3.76. The van der Waals surface area contributed by atoms with Gasteiger partial charge < -0.3 is 10.2 Å². The second kappa shape index (κ2) is 7.48. The Balaban J connectivity index is 1.60. The Bertz CT molecular complexity index is 866. The summed E-state index contributed by atoms with van der Waals surface area (Å²) in [4.78, 5) is 1.98. The van der Waals surface area contributed by atoms with E-state index in [1.54, 1.807) is 12.4 Å². The molecule has 0 aliphatic heterocycles. The molecule has 1 N–H and O–H groups in total. The summed E-state index contributed by atoms with van der Waals surface area (Å²) in [6.07, 6.45) is 5.55. The van der Waals surface area contributed by atoms with Crippen LogP contribution in [-0.2, 0) is 20.1 Å². The molecule has 25 heavy (non-hydrogen) atoms. The molecule has 0 fully saturated rings. The van der Waals surface area contributed by atoms with Crippen molar-refractivity contribution in [1.82, 2.24) is 24.5 Å². The van der Waals surface area contributed by atoms with Crippen molar-refractivity contribution in [3.63, 3.8) is 0 Å². The maximum atomic E-state index is 5.48. The van der Waals surface area contributed by atoms with Crippen molar-refractivity contribution in [2.75, 3.05) is 12.4 Å². The number of anilines is 1. The summed E-state index contributed by atoms with van der Waals surface area (Å²) in [6, 6.07) is 10.3. The van der Waals surface area contributed by atoms with Crippen LogP contribution < -0.4 is 5.32 Å². The number of aromatic nitrogens is 4. The van der Waals surface area contributed by atoms with Gasteiger partial charge in [-0.2, -0.15) is 10.2 Å². The van der Waals surface area contributed by atoms with E-state index in [0.29, 0.717) is 11.7 Å². The van der Waals surface area contributed by atoms with Crippen LogP contribution in [0.15, 0.2) is 48.9 Å². The fraction of sp³-hybridized carbons (Fsp3) is 0.278. The zero-order valence-electron chi connectivity index (χ0n) is 14.7. The molecule has 2 heterocycles. The van der Waals surface area contributed by atoms with E-state index in [2.05, 4.69) is 34.6 Å². The fourth-order valence-electron chi connectivity index (χ4n) is 2.57. The Morgan fingerprint density at radius 1 is 1.24 bits per heavy atom. The minimum Gasteiger partial charge on any atom is -0.346 e. The first-order chi connectivity index (χ1) is 12.0. The van der Waals surface area contributed by atoms with Gasteiger partial charge in [0.15, 0.2) is 5.11 Å². The highest BCUT2D eigenvalue weighted by molar-refractivity contribution is 7.80. The summed E-state index contributed by atoms with van der Waals surface area (Å²) in [5, 5.41) is 12.5. The number of nitrogens with one attached hydrogen (secondary N) is 1. The third-order valence-corrected chi connectivity index (χ3v) is 4.56. The second-order valence-corrected chi connectivity index (χ2v) is 6.47. The fourth-order valence-corrected chi connectivity index (χ4v) is 2.75. The lowest BCUT2D eigenvalue weighted by Gasteiger charge is -2.20. The van der Waals surface area contributed by atoms with Crippen molar-refractivity contribution < 1.29 is 0 Å². The lowest BCUT2D eigenvalue weighted by molar-refractivity contribution is 0.482. The summed E-state index contributed by atoms with van der Waals surface area (Å²) in [6.45, 7) is 3.55. The zero-order chi connectivity index (χ0) is 17.8. The lowest BCUT2D eigenvalue weighted by atomic mass is 10.1. The smallest absolute Gasteiger partial charge is 0.173 e. The van der Waals surface area contributed by atoms with Gasteiger partial charge >= 0.3 is 0 Å². The van der Waals surface area contributed by atoms with Crippen molar-refractivity contribution in [2.24, 2.45) is 7.05 Å². The molecule has 0 saturated heterocycles. The quantitative estimate of drug-likeness (QED) is 0.714. The molecule has 6 nitrogen and oxygen atoms in total. The Kier molecular flexibility index (Phi) is 5.14. The van der Waals surface area contributed by atoms with Crippen LogP contribution in [0.1, 0.15) is 16.8 Å². The van der Waals surface area contributed by atoms with Gasteiger partial charge in [-0.15, -0.1) is 0 Å². The molecule has 0 bridgehead atoms. The average Bonchev–Trinajstić information content (AvgIpc) is 3.19. The molecule has 0 unspecified atom stereocenters. The maximum Gasteiger partial charge on any atom is 0.173 e. The Hall–Kier alpha value is -2.67. The van der Waals surface area contributed by atoms with Crippen molar-refractivity contribution in [3.8, 4) is 0 Å². The van der Waals surface area contributed by atoms with Crippen molar-refractivity contribution in [1.29, 1.82) is 0 Å². The van der Waals surface area contributed by atoms with Crippen LogP contribution in [0, 0.1) is 6.92 Å². The minimum atomic E-state index is 0.650. The molecule has 0 aliphatic carbocycles. The number of thiocarbonyl (C=S) groups is 1. The summed E-state index contributed by atoms with van der Waals surface area (Å²) >= 11 is 5.48. The largest absolute Gasteiger partial charge is 0.346 e. The number of benzene rings is 1. The zero-order valence-corrected chi connectivity index (χ0v) is 15.5. The van der Waals surface area contributed by atoms with E-state index < -0.39 is 0 Å². The molecule has 0 saturated carbocycles. The summed E-state index contributed by atoms with van der Waals surface area (Å²) in [7, 11) is 3.88. The number of rotatable bonds is 5. The van der Waals surface area contributed by atoms with E-state index in [1.807, 2.05) is 52.8 Å². The van der Waals surface area contributed by atoms with Gasteiger partial charge in [0.2, 0.25) is 0 Å². The van der Waals surface area contributed by atoms with E-state index in [1.165, 1.54) is 11.1 Å². The minimum absolute atomic E-state index is 0.650. The molecule has 0 spiro atoms. The molecule has 2 aromatic heterocycles. The van der Waals surface area contributed by atoms with Gasteiger partial charge in [-0.3, -0.25) is 9.36 Å². The molecular weight excluding hydrogens is 332 g/mol. The van der Waals surface area contributed by atoms with Crippen LogP contribution in [0.4, 0.5) is 5.69 Å².